The van der Waals surface area contributed by atoms with Gasteiger partial charge in [-0.3, -0.25) is 13.8 Å². The van der Waals surface area contributed by atoms with Gasteiger partial charge in [0.1, 0.15) is 13.2 Å². The fraction of sp³-hybridized carbons (Fsp3) is 0.747. The quantitative estimate of drug-likeness (QED) is 0.0243. The van der Waals surface area contributed by atoms with Crippen molar-refractivity contribution < 1.29 is 32.9 Å². The van der Waals surface area contributed by atoms with Gasteiger partial charge >= 0.3 is 7.82 Å². The van der Waals surface area contributed by atoms with Crippen LogP contribution >= 0.6 is 7.82 Å². The van der Waals surface area contributed by atoms with Crippen molar-refractivity contribution >= 4 is 13.7 Å². The van der Waals surface area contributed by atoms with Crippen LogP contribution in [0.5, 0.6) is 0 Å². The van der Waals surface area contributed by atoms with Gasteiger partial charge in [-0.15, -0.1) is 0 Å². The predicted octanol–water partition coefficient (Wildman–Crippen LogP) is 22.7. The topological polar surface area (TPSA) is 105 Å². The van der Waals surface area contributed by atoms with Crippen molar-refractivity contribution in [2.45, 2.75) is 321 Å². The Hall–Kier alpha value is -2.84. The number of carbonyl (C=O) groups excluding carboxylic acids is 1. The maximum atomic E-state index is 13.1. The zero-order chi connectivity index (χ0) is 61.2. The molecular formula is C75H136N2O6P+. The lowest BCUT2D eigenvalue weighted by molar-refractivity contribution is -0.870. The van der Waals surface area contributed by atoms with Crippen molar-refractivity contribution in [1.82, 2.24) is 5.32 Å². The van der Waals surface area contributed by atoms with Crippen LogP contribution in [0.15, 0.2) is 109 Å². The number of nitrogens with one attached hydrogen (secondary N) is 1. The van der Waals surface area contributed by atoms with Gasteiger partial charge in [0.15, 0.2) is 0 Å². The molecule has 0 saturated heterocycles. The molecule has 0 rings (SSSR count). The van der Waals surface area contributed by atoms with E-state index in [9.17, 15) is 19.4 Å². The fourth-order valence-corrected chi connectivity index (χ4v) is 10.8. The first kappa shape index (κ1) is 81.2. The number of quaternary nitrogens is 1. The highest BCUT2D eigenvalue weighted by Crippen LogP contribution is 2.43. The van der Waals surface area contributed by atoms with E-state index in [0.29, 0.717) is 17.4 Å². The second-order valence-electron chi connectivity index (χ2n) is 24.9. The zero-order valence-electron chi connectivity index (χ0n) is 55.6. The van der Waals surface area contributed by atoms with Crippen LogP contribution in [0.3, 0.4) is 0 Å². The van der Waals surface area contributed by atoms with Gasteiger partial charge in [0.25, 0.3) is 0 Å². The van der Waals surface area contributed by atoms with E-state index in [1.54, 1.807) is 6.08 Å². The molecule has 0 aromatic heterocycles. The van der Waals surface area contributed by atoms with Crippen molar-refractivity contribution in [1.29, 1.82) is 0 Å². The summed E-state index contributed by atoms with van der Waals surface area (Å²) in [5.41, 5.74) is 0. The molecule has 0 spiro atoms. The second kappa shape index (κ2) is 64.6. The Morgan fingerprint density at radius 1 is 0.417 bits per heavy atom. The van der Waals surface area contributed by atoms with E-state index in [1.807, 2.05) is 27.2 Å². The van der Waals surface area contributed by atoms with Gasteiger partial charge in [-0.2, -0.15) is 0 Å². The number of amides is 1. The summed E-state index contributed by atoms with van der Waals surface area (Å²) < 4.78 is 23.8. The van der Waals surface area contributed by atoms with Crippen molar-refractivity contribution in [3.8, 4) is 0 Å². The molecule has 1 amide bonds. The summed E-state index contributed by atoms with van der Waals surface area (Å²) in [6.07, 6.45) is 95.3. The molecule has 3 N–H and O–H groups in total. The highest BCUT2D eigenvalue weighted by atomic mass is 31.2. The molecule has 3 atom stereocenters. The third kappa shape index (κ3) is 66.7. The molecule has 486 valence electrons. The Morgan fingerprint density at radius 3 is 1.10 bits per heavy atom. The molecule has 0 heterocycles. The highest BCUT2D eigenvalue weighted by molar-refractivity contribution is 7.47. The van der Waals surface area contributed by atoms with Gasteiger partial charge in [-0.05, 0) is 96.3 Å². The molecule has 0 aliphatic carbocycles. The van der Waals surface area contributed by atoms with Crippen molar-refractivity contribution in [3.05, 3.63) is 109 Å². The first-order chi connectivity index (χ1) is 41.0. The van der Waals surface area contributed by atoms with Crippen LogP contribution < -0.4 is 5.32 Å². The van der Waals surface area contributed by atoms with Crippen LogP contribution in [-0.4, -0.2) is 73.4 Å². The summed E-state index contributed by atoms with van der Waals surface area (Å²) in [7, 11) is 1.54. The fourth-order valence-electron chi connectivity index (χ4n) is 10.0. The van der Waals surface area contributed by atoms with Crippen LogP contribution in [0.25, 0.3) is 0 Å². The van der Waals surface area contributed by atoms with E-state index in [1.165, 1.54) is 205 Å². The summed E-state index contributed by atoms with van der Waals surface area (Å²) in [6.45, 7) is 4.70. The third-order valence-corrected chi connectivity index (χ3v) is 16.4. The van der Waals surface area contributed by atoms with Crippen LogP contribution in [0.2, 0.25) is 0 Å². The van der Waals surface area contributed by atoms with Crippen molar-refractivity contribution in [3.63, 3.8) is 0 Å². The van der Waals surface area contributed by atoms with Crippen LogP contribution in [0, 0.1) is 0 Å². The molecule has 0 fully saturated rings. The SMILES string of the molecule is CC/C=C\C/C=C\C/C=C\C/C=C\C/C=C\C/C=C\CCCCCCCCCCCCCCCCC(=O)NC(COP(=O)(O)OCC[N+](C)(C)C)C(O)/C=C/CC/C=C/CC/C=C/CCCCCCCCCCCCCCCCCCCCC. The number of likely N-dealkylation sites (N-methyl/N-ethyl adjacent to an activating group) is 1. The van der Waals surface area contributed by atoms with Gasteiger partial charge in [0.05, 0.1) is 39.9 Å². The average Bonchev–Trinajstić information content (AvgIpc) is 3.56. The minimum Gasteiger partial charge on any atom is -0.387 e. The molecule has 0 aromatic carbocycles. The van der Waals surface area contributed by atoms with Gasteiger partial charge in [0, 0.05) is 6.42 Å². The lowest BCUT2D eigenvalue weighted by Gasteiger charge is -2.25. The van der Waals surface area contributed by atoms with Gasteiger partial charge in [0.2, 0.25) is 5.91 Å². The van der Waals surface area contributed by atoms with Crippen LogP contribution in [-0.2, 0) is 18.4 Å². The monoisotopic (exact) mass is 1190 g/mol. The number of aliphatic hydroxyl groups excluding tert-OH is 1. The summed E-state index contributed by atoms with van der Waals surface area (Å²) in [5, 5.41) is 14.0. The van der Waals surface area contributed by atoms with Gasteiger partial charge in [-0.1, -0.05) is 316 Å². The van der Waals surface area contributed by atoms with Crippen molar-refractivity contribution in [2.24, 2.45) is 0 Å². The Bertz CT molecular complexity index is 1740. The lowest BCUT2D eigenvalue weighted by Crippen LogP contribution is -2.45. The maximum absolute atomic E-state index is 13.1. The van der Waals surface area contributed by atoms with E-state index in [2.05, 4.69) is 116 Å². The highest BCUT2D eigenvalue weighted by Gasteiger charge is 2.28. The molecule has 0 saturated carbocycles. The number of unbranched alkanes of at least 4 members (excludes halogenated alkanes) is 35. The smallest absolute Gasteiger partial charge is 0.387 e. The standard InChI is InChI=1S/C75H135N2O6P/c1-6-8-10-12-14-16-18-20-22-24-26-28-30-32-34-36-37-38-39-41-43-45-47-49-51-53-55-57-59-61-63-65-67-69-75(79)76-73(72-83-84(80,81)82-71-70-77(3,4)5)74(78)68-66-64-62-60-58-56-54-52-50-48-46-44-42-40-35-33-31-29-27-25-23-21-19-17-15-13-11-9-7-2/h8,10,14,16,20,22,26,28,32,34,37-38,50,52,58,60,66,68,73-74,78H,6-7,9,11-13,15,17-19,21,23-25,27,29-31,33,35-36,39-49,51,53-57,59,61-65,67,69-72H2,1-5H3,(H-,76,79,80,81)/p+1/b10-8-,16-14-,22-20-,28-26-,34-32-,38-37-,52-50+,60-58+,68-66+. The van der Waals surface area contributed by atoms with E-state index >= 15 is 0 Å². The number of aliphatic hydroxyl groups is 1. The van der Waals surface area contributed by atoms with E-state index < -0.39 is 20.0 Å². The zero-order valence-corrected chi connectivity index (χ0v) is 56.5. The number of hydrogen-bond acceptors (Lipinski definition) is 5. The minimum atomic E-state index is -4.37. The summed E-state index contributed by atoms with van der Waals surface area (Å²) in [4.78, 5) is 23.4. The van der Waals surface area contributed by atoms with Gasteiger partial charge < -0.3 is 19.8 Å². The predicted molar refractivity (Wildman–Crippen MR) is 369 cm³/mol. The lowest BCUT2D eigenvalue weighted by atomic mass is 10.0. The van der Waals surface area contributed by atoms with E-state index in [-0.39, 0.29) is 19.1 Å². The molecule has 0 aliphatic heterocycles. The molecule has 0 aromatic rings. The number of hydrogen-bond donors (Lipinski definition) is 3. The number of phosphoric acid groups is 1. The summed E-state index contributed by atoms with van der Waals surface area (Å²) in [6, 6.07) is -0.878. The molecule has 0 bridgehead atoms. The summed E-state index contributed by atoms with van der Waals surface area (Å²) in [5.74, 6) is -0.192. The molecular weight excluding hydrogens is 1060 g/mol. The molecule has 9 heteroatoms. The van der Waals surface area contributed by atoms with E-state index in [4.69, 9.17) is 9.05 Å². The summed E-state index contributed by atoms with van der Waals surface area (Å²) >= 11 is 0. The largest absolute Gasteiger partial charge is 0.472 e. The Kier molecular flexibility index (Phi) is 62.4. The minimum absolute atomic E-state index is 0.0496. The second-order valence-corrected chi connectivity index (χ2v) is 26.3. The number of carbonyl (C=O) groups is 1. The molecule has 3 unspecified atom stereocenters. The molecule has 84 heavy (non-hydrogen) atoms. The Morgan fingerprint density at radius 2 is 0.726 bits per heavy atom. The normalized spacial score (nSPS) is 14.3. The van der Waals surface area contributed by atoms with Crippen LogP contribution in [0.4, 0.5) is 0 Å². The molecule has 0 radical (unpaired) electrons. The Balaban J connectivity index is 4.15. The first-order valence-electron chi connectivity index (χ1n) is 35.3. The van der Waals surface area contributed by atoms with Crippen LogP contribution in [0.1, 0.15) is 309 Å². The first-order valence-corrected chi connectivity index (χ1v) is 36.8. The number of nitrogens with zero attached hydrogens (tertiary/aromatic N) is 1. The number of allylic oxidation sites excluding steroid dienone is 17. The molecule has 0 aliphatic rings. The van der Waals surface area contributed by atoms with Gasteiger partial charge in [-0.25, -0.2) is 4.57 Å². The Labute approximate surface area is 521 Å². The van der Waals surface area contributed by atoms with E-state index in [0.717, 1.165) is 83.5 Å². The number of rotatable bonds is 64. The maximum Gasteiger partial charge on any atom is 0.472 e. The third-order valence-electron chi connectivity index (χ3n) is 15.5. The molecule has 8 nitrogen and oxygen atoms in total. The van der Waals surface area contributed by atoms with Crippen molar-refractivity contribution in [2.75, 3.05) is 40.9 Å². The number of phosphoric ester groups is 1. The average molecular weight is 1190 g/mol.